The molecular formula is C14H15NO4. The molecular weight excluding hydrogens is 246 g/mol. The highest BCUT2D eigenvalue weighted by molar-refractivity contribution is 5.99. The quantitative estimate of drug-likeness (QED) is 0.597. The second-order valence-electron chi connectivity index (χ2n) is 4.87. The molecule has 1 aromatic carbocycles. The van der Waals surface area contributed by atoms with Crippen LogP contribution >= 0.6 is 0 Å². The standard InChI is InChI=1S/C14H15NO4/c1-18-14(17)12-10-7-19-11-5-3-2-4-8(11)9(10)6-15-13(12)16/h2-5,9-10,12H,6-7H2,1H3,(H,15,16)/t9-,10-,12+/m0/s1. The van der Waals surface area contributed by atoms with Crippen LogP contribution in [0.15, 0.2) is 24.3 Å². The molecule has 2 aliphatic rings. The number of fused-ring (bicyclic) bond motifs is 3. The number of carbonyl (C=O) groups excluding carboxylic acids is 2. The van der Waals surface area contributed by atoms with Crippen molar-refractivity contribution in [1.29, 1.82) is 0 Å². The molecule has 0 spiro atoms. The Balaban J connectivity index is 1.97. The topological polar surface area (TPSA) is 64.6 Å². The third kappa shape index (κ3) is 1.85. The number of piperidine rings is 1. The van der Waals surface area contributed by atoms with Gasteiger partial charge in [0, 0.05) is 18.4 Å². The Bertz CT molecular complexity index is 520. The van der Waals surface area contributed by atoms with E-state index in [1.165, 1.54) is 7.11 Å². The van der Waals surface area contributed by atoms with Crippen LogP contribution in [-0.2, 0) is 14.3 Å². The third-order valence-electron chi connectivity index (χ3n) is 3.93. The van der Waals surface area contributed by atoms with E-state index in [1.54, 1.807) is 0 Å². The lowest BCUT2D eigenvalue weighted by molar-refractivity contribution is -0.155. The Kier molecular flexibility index (Phi) is 2.89. The maximum absolute atomic E-state index is 11.9. The first-order chi connectivity index (χ1) is 9.22. The van der Waals surface area contributed by atoms with E-state index in [4.69, 9.17) is 9.47 Å². The van der Waals surface area contributed by atoms with E-state index in [-0.39, 0.29) is 17.7 Å². The SMILES string of the molecule is COC(=O)[C@H]1C(=O)NC[C@H]2c3ccccc3OC[C@H]12. The van der Waals surface area contributed by atoms with Gasteiger partial charge in [-0.15, -0.1) is 0 Å². The molecule has 1 saturated heterocycles. The van der Waals surface area contributed by atoms with Crippen LogP contribution in [-0.4, -0.2) is 32.1 Å². The van der Waals surface area contributed by atoms with Crippen molar-refractivity contribution < 1.29 is 19.1 Å². The van der Waals surface area contributed by atoms with Gasteiger partial charge in [0.05, 0.1) is 13.7 Å². The number of esters is 1. The highest BCUT2D eigenvalue weighted by atomic mass is 16.5. The molecule has 3 rings (SSSR count). The lowest BCUT2D eigenvalue weighted by atomic mass is 9.73. The van der Waals surface area contributed by atoms with Gasteiger partial charge < -0.3 is 14.8 Å². The number of ether oxygens (including phenoxy) is 2. The lowest BCUT2D eigenvalue weighted by Crippen LogP contribution is -2.53. The van der Waals surface area contributed by atoms with Crippen LogP contribution in [0.5, 0.6) is 5.75 Å². The van der Waals surface area contributed by atoms with E-state index in [0.29, 0.717) is 13.2 Å². The largest absolute Gasteiger partial charge is 0.493 e. The summed E-state index contributed by atoms with van der Waals surface area (Å²) in [6, 6.07) is 7.75. The molecule has 100 valence electrons. The summed E-state index contributed by atoms with van der Waals surface area (Å²) in [7, 11) is 1.30. The van der Waals surface area contributed by atoms with Crippen molar-refractivity contribution in [1.82, 2.24) is 5.32 Å². The Labute approximate surface area is 110 Å². The molecule has 1 aromatic rings. The molecule has 1 amide bonds. The Morgan fingerprint density at radius 3 is 3.00 bits per heavy atom. The van der Waals surface area contributed by atoms with Gasteiger partial charge in [-0.2, -0.15) is 0 Å². The van der Waals surface area contributed by atoms with Gasteiger partial charge in [0.15, 0.2) is 0 Å². The third-order valence-corrected chi connectivity index (χ3v) is 3.93. The number of amides is 1. The minimum atomic E-state index is -0.780. The fourth-order valence-electron chi connectivity index (χ4n) is 2.96. The van der Waals surface area contributed by atoms with Gasteiger partial charge in [-0.25, -0.2) is 0 Å². The summed E-state index contributed by atoms with van der Waals surface area (Å²) < 4.78 is 10.4. The number of para-hydroxylation sites is 1. The lowest BCUT2D eigenvalue weighted by Gasteiger charge is -2.40. The van der Waals surface area contributed by atoms with Crippen molar-refractivity contribution in [3.63, 3.8) is 0 Å². The fourth-order valence-corrected chi connectivity index (χ4v) is 2.96. The van der Waals surface area contributed by atoms with Gasteiger partial charge in [-0.3, -0.25) is 9.59 Å². The van der Waals surface area contributed by atoms with Crippen molar-refractivity contribution in [2.24, 2.45) is 11.8 Å². The number of hydrogen-bond donors (Lipinski definition) is 1. The van der Waals surface area contributed by atoms with Crippen LogP contribution in [0.4, 0.5) is 0 Å². The van der Waals surface area contributed by atoms with Crippen LogP contribution in [0.1, 0.15) is 11.5 Å². The Morgan fingerprint density at radius 2 is 2.21 bits per heavy atom. The van der Waals surface area contributed by atoms with Gasteiger partial charge in [-0.1, -0.05) is 18.2 Å². The van der Waals surface area contributed by atoms with Crippen molar-refractivity contribution in [3.05, 3.63) is 29.8 Å². The van der Waals surface area contributed by atoms with Gasteiger partial charge in [0.2, 0.25) is 5.91 Å². The number of benzene rings is 1. The van der Waals surface area contributed by atoms with E-state index >= 15 is 0 Å². The summed E-state index contributed by atoms with van der Waals surface area (Å²) in [4.78, 5) is 23.7. The monoisotopic (exact) mass is 261 g/mol. The minimum Gasteiger partial charge on any atom is -0.493 e. The average Bonchev–Trinajstić information content (AvgIpc) is 2.46. The predicted octanol–water partition coefficient (Wildman–Crippen LogP) is 0.698. The number of carbonyl (C=O) groups is 2. The first-order valence-electron chi connectivity index (χ1n) is 6.29. The molecule has 2 aliphatic heterocycles. The summed E-state index contributed by atoms with van der Waals surface area (Å²) in [6.07, 6.45) is 0. The summed E-state index contributed by atoms with van der Waals surface area (Å²) in [5.41, 5.74) is 1.05. The summed E-state index contributed by atoms with van der Waals surface area (Å²) >= 11 is 0. The predicted molar refractivity (Wildman–Crippen MR) is 66.7 cm³/mol. The summed E-state index contributed by atoms with van der Waals surface area (Å²) in [5, 5.41) is 2.79. The molecule has 3 atom stereocenters. The van der Waals surface area contributed by atoms with Crippen molar-refractivity contribution >= 4 is 11.9 Å². The Morgan fingerprint density at radius 1 is 1.42 bits per heavy atom. The zero-order valence-corrected chi connectivity index (χ0v) is 10.6. The molecule has 1 fully saturated rings. The fraction of sp³-hybridized carbons (Fsp3) is 0.429. The van der Waals surface area contributed by atoms with Gasteiger partial charge in [0.1, 0.15) is 11.7 Å². The van der Waals surface area contributed by atoms with E-state index in [2.05, 4.69) is 5.32 Å². The number of methoxy groups -OCH3 is 1. The Hall–Kier alpha value is -2.04. The molecule has 0 bridgehead atoms. The molecule has 0 aromatic heterocycles. The highest BCUT2D eigenvalue weighted by Gasteiger charge is 2.47. The summed E-state index contributed by atoms with van der Waals surface area (Å²) in [6.45, 7) is 0.909. The molecule has 5 nitrogen and oxygen atoms in total. The number of hydrogen-bond acceptors (Lipinski definition) is 4. The van der Waals surface area contributed by atoms with Crippen LogP contribution in [0.25, 0.3) is 0 Å². The zero-order valence-electron chi connectivity index (χ0n) is 10.6. The van der Waals surface area contributed by atoms with Gasteiger partial charge >= 0.3 is 5.97 Å². The first kappa shape index (κ1) is 12.0. The van der Waals surface area contributed by atoms with Crippen LogP contribution in [0, 0.1) is 11.8 Å². The van der Waals surface area contributed by atoms with Gasteiger partial charge in [-0.05, 0) is 11.6 Å². The van der Waals surface area contributed by atoms with Crippen LogP contribution in [0.2, 0.25) is 0 Å². The second-order valence-corrected chi connectivity index (χ2v) is 4.87. The molecule has 5 heteroatoms. The molecule has 0 saturated carbocycles. The van der Waals surface area contributed by atoms with E-state index < -0.39 is 11.9 Å². The van der Waals surface area contributed by atoms with E-state index in [0.717, 1.165) is 11.3 Å². The van der Waals surface area contributed by atoms with Crippen molar-refractivity contribution in [2.75, 3.05) is 20.3 Å². The second kappa shape index (κ2) is 4.57. The first-order valence-corrected chi connectivity index (χ1v) is 6.29. The van der Waals surface area contributed by atoms with E-state index in [1.807, 2.05) is 24.3 Å². The molecule has 0 aliphatic carbocycles. The molecule has 0 unspecified atom stereocenters. The number of nitrogens with one attached hydrogen (secondary N) is 1. The minimum absolute atomic E-state index is 0.103. The van der Waals surface area contributed by atoms with Crippen LogP contribution in [0.3, 0.4) is 0 Å². The highest BCUT2D eigenvalue weighted by Crippen LogP contribution is 2.42. The van der Waals surface area contributed by atoms with E-state index in [9.17, 15) is 9.59 Å². The smallest absolute Gasteiger partial charge is 0.318 e. The molecule has 19 heavy (non-hydrogen) atoms. The maximum atomic E-state index is 11.9. The van der Waals surface area contributed by atoms with Crippen molar-refractivity contribution in [3.8, 4) is 5.75 Å². The molecule has 2 heterocycles. The normalized spacial score (nSPS) is 28.5. The van der Waals surface area contributed by atoms with Gasteiger partial charge in [0.25, 0.3) is 0 Å². The average molecular weight is 261 g/mol. The number of rotatable bonds is 1. The zero-order chi connectivity index (χ0) is 13.4. The molecule has 0 radical (unpaired) electrons. The van der Waals surface area contributed by atoms with Crippen LogP contribution < -0.4 is 10.1 Å². The van der Waals surface area contributed by atoms with Crippen molar-refractivity contribution in [2.45, 2.75) is 5.92 Å². The summed E-state index contributed by atoms with van der Waals surface area (Å²) in [5.74, 6) is -0.755. The molecule has 1 N–H and O–H groups in total. The maximum Gasteiger partial charge on any atom is 0.318 e.